The number of nitrogens with zero attached hydrogens (tertiary/aromatic N) is 3. The quantitative estimate of drug-likeness (QED) is 0.406. The third-order valence-corrected chi connectivity index (χ3v) is 3.78. The molecular formula is C21H19N4O2+. The number of hydrogen-bond acceptors (Lipinski definition) is 4. The Hall–Kier alpha value is -3.67. The Labute approximate surface area is 157 Å². The molecule has 0 saturated carbocycles. The second kappa shape index (κ2) is 8.62. The van der Waals surface area contributed by atoms with Crippen LogP contribution >= 0.6 is 0 Å². The van der Waals surface area contributed by atoms with Crippen molar-refractivity contribution in [3.63, 3.8) is 0 Å². The summed E-state index contributed by atoms with van der Waals surface area (Å²) < 4.78 is 1.68. The van der Waals surface area contributed by atoms with Crippen molar-refractivity contribution >= 4 is 28.8 Å². The number of hydrogen-bond donors (Lipinski definition) is 1. The van der Waals surface area contributed by atoms with E-state index in [4.69, 9.17) is 0 Å². The lowest BCUT2D eigenvalue weighted by atomic mass is 10.2. The van der Waals surface area contributed by atoms with Crippen molar-refractivity contribution in [2.75, 3.05) is 5.32 Å². The van der Waals surface area contributed by atoms with Crippen molar-refractivity contribution in [3.05, 3.63) is 84.7 Å². The van der Waals surface area contributed by atoms with Gasteiger partial charge in [0.1, 0.15) is 0 Å². The fraction of sp³-hybridized carbons (Fsp3) is 0.0952. The van der Waals surface area contributed by atoms with Crippen molar-refractivity contribution in [1.82, 2.24) is 0 Å². The maximum atomic E-state index is 12.2. The first-order chi connectivity index (χ1) is 13.1. The lowest BCUT2D eigenvalue weighted by Crippen LogP contribution is -2.40. The standard InChI is InChI=1S/C21H18N4O2/c1-16(26)17-6-5-13-25(14-17)15-21(27)22-18-9-11-20(12-10-18)24-23-19-7-3-2-4-8-19/h2-14H,15H2,1H3/p+1. The zero-order valence-corrected chi connectivity index (χ0v) is 14.9. The molecule has 3 rings (SSSR count). The van der Waals surface area contributed by atoms with Gasteiger partial charge >= 0.3 is 0 Å². The van der Waals surface area contributed by atoms with Crippen LogP contribution in [0.5, 0.6) is 0 Å². The van der Waals surface area contributed by atoms with Crippen LogP contribution in [-0.4, -0.2) is 11.7 Å². The van der Waals surface area contributed by atoms with E-state index in [9.17, 15) is 9.59 Å². The van der Waals surface area contributed by atoms with E-state index in [0.29, 0.717) is 16.9 Å². The van der Waals surface area contributed by atoms with Crippen LogP contribution in [0.2, 0.25) is 0 Å². The summed E-state index contributed by atoms with van der Waals surface area (Å²) >= 11 is 0. The van der Waals surface area contributed by atoms with Gasteiger partial charge in [-0.15, -0.1) is 0 Å². The number of amides is 1. The molecule has 0 saturated heterocycles. The van der Waals surface area contributed by atoms with E-state index in [2.05, 4.69) is 15.5 Å². The molecule has 6 nitrogen and oxygen atoms in total. The number of aromatic nitrogens is 1. The maximum absolute atomic E-state index is 12.2. The molecule has 1 N–H and O–H groups in total. The molecule has 0 bridgehead atoms. The minimum Gasteiger partial charge on any atom is -0.321 e. The fourth-order valence-electron chi connectivity index (χ4n) is 2.42. The Kier molecular flexibility index (Phi) is 5.79. The predicted molar refractivity (Wildman–Crippen MR) is 102 cm³/mol. The summed E-state index contributed by atoms with van der Waals surface area (Å²) in [6.07, 6.45) is 3.41. The summed E-state index contributed by atoms with van der Waals surface area (Å²) in [5.74, 6) is -0.218. The number of carbonyl (C=O) groups excluding carboxylic acids is 2. The first-order valence-electron chi connectivity index (χ1n) is 8.47. The summed E-state index contributed by atoms with van der Waals surface area (Å²) in [7, 11) is 0. The molecule has 0 unspecified atom stereocenters. The smallest absolute Gasteiger partial charge is 0.290 e. The van der Waals surface area contributed by atoms with Crippen LogP contribution in [0.3, 0.4) is 0 Å². The molecule has 0 aliphatic carbocycles. The molecule has 2 aromatic carbocycles. The average Bonchev–Trinajstić information content (AvgIpc) is 2.68. The normalized spacial score (nSPS) is 10.7. The van der Waals surface area contributed by atoms with E-state index in [1.54, 1.807) is 53.4 Å². The van der Waals surface area contributed by atoms with Crippen LogP contribution in [0.1, 0.15) is 17.3 Å². The van der Waals surface area contributed by atoms with E-state index < -0.39 is 0 Å². The van der Waals surface area contributed by atoms with Crippen LogP contribution in [-0.2, 0) is 11.3 Å². The third-order valence-electron chi connectivity index (χ3n) is 3.78. The van der Waals surface area contributed by atoms with Gasteiger partial charge in [-0.3, -0.25) is 9.59 Å². The maximum Gasteiger partial charge on any atom is 0.290 e. The lowest BCUT2D eigenvalue weighted by Gasteiger charge is -2.03. The fourth-order valence-corrected chi connectivity index (χ4v) is 2.42. The van der Waals surface area contributed by atoms with Gasteiger partial charge in [0, 0.05) is 11.8 Å². The lowest BCUT2D eigenvalue weighted by molar-refractivity contribution is -0.684. The molecule has 0 fully saturated rings. The van der Waals surface area contributed by atoms with Gasteiger partial charge in [0.2, 0.25) is 6.54 Å². The summed E-state index contributed by atoms with van der Waals surface area (Å²) in [5, 5.41) is 11.1. The van der Waals surface area contributed by atoms with E-state index in [1.807, 2.05) is 30.3 Å². The predicted octanol–water partition coefficient (Wildman–Crippen LogP) is 4.23. The first kappa shape index (κ1) is 18.1. The Bertz CT molecular complexity index is 967. The average molecular weight is 359 g/mol. The minimum absolute atomic E-state index is 0.0370. The van der Waals surface area contributed by atoms with Gasteiger partial charge in [0.15, 0.2) is 18.2 Å². The SMILES string of the molecule is CC(=O)c1ccc[n+](CC(=O)Nc2ccc(N=Nc3ccccc3)cc2)c1. The molecule has 1 aromatic heterocycles. The van der Waals surface area contributed by atoms with Gasteiger partial charge in [0.05, 0.1) is 16.9 Å². The monoisotopic (exact) mass is 359 g/mol. The first-order valence-corrected chi connectivity index (χ1v) is 8.47. The van der Waals surface area contributed by atoms with Crippen LogP contribution in [0.15, 0.2) is 89.4 Å². The molecule has 0 aliphatic heterocycles. The molecular weight excluding hydrogens is 340 g/mol. The highest BCUT2D eigenvalue weighted by Crippen LogP contribution is 2.19. The van der Waals surface area contributed by atoms with Gasteiger partial charge < -0.3 is 5.32 Å². The van der Waals surface area contributed by atoms with Crippen LogP contribution < -0.4 is 9.88 Å². The zero-order valence-electron chi connectivity index (χ0n) is 14.9. The molecule has 0 aliphatic rings. The van der Waals surface area contributed by atoms with Crippen molar-refractivity contribution in [3.8, 4) is 0 Å². The summed E-state index contributed by atoms with van der Waals surface area (Å²) in [6.45, 7) is 1.62. The van der Waals surface area contributed by atoms with Gasteiger partial charge in [-0.1, -0.05) is 18.2 Å². The summed E-state index contributed by atoms with van der Waals surface area (Å²) in [6, 6.07) is 20.0. The molecule has 3 aromatic rings. The van der Waals surface area contributed by atoms with Gasteiger partial charge in [-0.25, -0.2) is 0 Å². The van der Waals surface area contributed by atoms with Crippen molar-refractivity contribution < 1.29 is 14.2 Å². The summed E-state index contributed by atoms with van der Waals surface area (Å²) in [4.78, 5) is 23.6. The van der Waals surface area contributed by atoms with E-state index in [1.165, 1.54) is 6.92 Å². The molecule has 1 amide bonds. The highest BCUT2D eigenvalue weighted by molar-refractivity contribution is 5.93. The molecule has 0 atom stereocenters. The zero-order chi connectivity index (χ0) is 19.1. The second-order valence-corrected chi connectivity index (χ2v) is 5.95. The van der Waals surface area contributed by atoms with Crippen molar-refractivity contribution in [2.45, 2.75) is 13.5 Å². The Morgan fingerprint density at radius 2 is 1.56 bits per heavy atom. The van der Waals surface area contributed by atoms with E-state index in [-0.39, 0.29) is 18.2 Å². The number of pyridine rings is 1. The number of benzene rings is 2. The number of nitrogens with one attached hydrogen (secondary N) is 1. The van der Waals surface area contributed by atoms with Gasteiger partial charge in [-0.2, -0.15) is 14.8 Å². The topological polar surface area (TPSA) is 74.8 Å². The number of Topliss-reactive ketones (excluding diaryl/α,β-unsaturated/α-hetero) is 1. The number of carbonyl (C=O) groups is 2. The van der Waals surface area contributed by atoms with Gasteiger partial charge in [-0.05, 0) is 49.4 Å². The van der Waals surface area contributed by atoms with E-state index in [0.717, 1.165) is 5.69 Å². The molecule has 1 heterocycles. The third kappa shape index (κ3) is 5.40. The number of ketones is 1. The van der Waals surface area contributed by atoms with Gasteiger partial charge in [0.25, 0.3) is 5.91 Å². The largest absolute Gasteiger partial charge is 0.321 e. The number of rotatable bonds is 6. The number of azo groups is 1. The Morgan fingerprint density at radius 1 is 0.889 bits per heavy atom. The molecule has 27 heavy (non-hydrogen) atoms. The van der Waals surface area contributed by atoms with Crippen LogP contribution in [0.25, 0.3) is 0 Å². The van der Waals surface area contributed by atoms with Crippen LogP contribution in [0.4, 0.5) is 17.1 Å². The molecule has 134 valence electrons. The highest BCUT2D eigenvalue weighted by atomic mass is 16.2. The molecule has 0 spiro atoms. The second-order valence-electron chi connectivity index (χ2n) is 5.95. The van der Waals surface area contributed by atoms with Crippen molar-refractivity contribution in [2.24, 2.45) is 10.2 Å². The molecule has 0 radical (unpaired) electrons. The highest BCUT2D eigenvalue weighted by Gasteiger charge is 2.11. The molecule has 6 heteroatoms. The number of anilines is 1. The Balaban J connectivity index is 1.59. The minimum atomic E-state index is -0.181. The van der Waals surface area contributed by atoms with Crippen molar-refractivity contribution in [1.29, 1.82) is 0 Å². The van der Waals surface area contributed by atoms with Crippen LogP contribution in [0, 0.1) is 0 Å². The Morgan fingerprint density at radius 3 is 2.22 bits per heavy atom. The summed E-state index contributed by atoms with van der Waals surface area (Å²) in [5.41, 5.74) is 2.71. The van der Waals surface area contributed by atoms with E-state index >= 15 is 0 Å².